The largest absolute Gasteiger partial charge is 0.355 e. The zero-order chi connectivity index (χ0) is 15.3. The van der Waals surface area contributed by atoms with Crippen LogP contribution in [-0.2, 0) is 6.54 Å². The molecule has 0 atom stereocenters. The van der Waals surface area contributed by atoms with Crippen LogP contribution >= 0.6 is 11.6 Å². The molecule has 1 saturated heterocycles. The van der Waals surface area contributed by atoms with Crippen molar-refractivity contribution in [1.82, 2.24) is 10.3 Å². The van der Waals surface area contributed by atoms with Gasteiger partial charge in [-0.05, 0) is 45.2 Å². The summed E-state index contributed by atoms with van der Waals surface area (Å²) in [6, 6.07) is 2.06. The molecule has 0 amide bonds. The van der Waals surface area contributed by atoms with E-state index in [1.807, 2.05) is 6.20 Å². The van der Waals surface area contributed by atoms with Crippen molar-refractivity contribution in [3.63, 3.8) is 0 Å². The minimum atomic E-state index is 0.105. The molecule has 21 heavy (non-hydrogen) atoms. The Morgan fingerprint density at radius 2 is 1.76 bits per heavy atom. The molecule has 0 aromatic carbocycles. The first-order valence-electron chi connectivity index (χ1n) is 8.10. The maximum absolute atomic E-state index is 6.47. The van der Waals surface area contributed by atoms with Crippen LogP contribution in [0.5, 0.6) is 0 Å². The summed E-state index contributed by atoms with van der Waals surface area (Å²) in [6.07, 6.45) is 8.45. The highest BCUT2D eigenvalue weighted by Crippen LogP contribution is 2.26. The Morgan fingerprint density at radius 3 is 2.33 bits per heavy atom. The number of hydrogen-bond acceptors (Lipinski definition) is 3. The number of rotatable bonds is 3. The molecule has 1 N–H and O–H groups in total. The minimum absolute atomic E-state index is 0.105. The molecule has 1 fully saturated rings. The van der Waals surface area contributed by atoms with Gasteiger partial charge in [-0.3, -0.25) is 0 Å². The van der Waals surface area contributed by atoms with Gasteiger partial charge in [-0.1, -0.05) is 30.9 Å². The van der Waals surface area contributed by atoms with E-state index >= 15 is 0 Å². The molecule has 4 heteroatoms. The van der Waals surface area contributed by atoms with Crippen LogP contribution in [0.3, 0.4) is 0 Å². The molecular formula is C17H28ClN3. The Bertz CT molecular complexity index is 446. The lowest BCUT2D eigenvalue weighted by molar-refractivity contribution is 0.424. The van der Waals surface area contributed by atoms with Gasteiger partial charge in [-0.15, -0.1) is 0 Å². The van der Waals surface area contributed by atoms with Gasteiger partial charge in [0.15, 0.2) is 0 Å². The van der Waals surface area contributed by atoms with Gasteiger partial charge in [0.25, 0.3) is 0 Å². The molecule has 0 aliphatic carbocycles. The van der Waals surface area contributed by atoms with E-state index in [-0.39, 0.29) is 5.54 Å². The maximum Gasteiger partial charge on any atom is 0.147 e. The van der Waals surface area contributed by atoms with Crippen LogP contribution in [-0.4, -0.2) is 23.6 Å². The maximum atomic E-state index is 6.47. The van der Waals surface area contributed by atoms with Crippen molar-refractivity contribution < 1.29 is 0 Å². The number of nitrogens with zero attached hydrogens (tertiary/aromatic N) is 2. The smallest absolute Gasteiger partial charge is 0.147 e. The second kappa shape index (κ2) is 7.46. The number of halogens is 1. The van der Waals surface area contributed by atoms with E-state index in [1.165, 1.54) is 32.1 Å². The molecule has 0 radical (unpaired) electrons. The highest BCUT2D eigenvalue weighted by molar-refractivity contribution is 6.33. The van der Waals surface area contributed by atoms with Crippen LogP contribution in [0.4, 0.5) is 5.82 Å². The number of pyridine rings is 1. The second-order valence-corrected chi connectivity index (χ2v) is 7.41. The van der Waals surface area contributed by atoms with Gasteiger partial charge in [0.05, 0.1) is 5.02 Å². The summed E-state index contributed by atoms with van der Waals surface area (Å²) in [5.41, 5.74) is 1.25. The average Bonchev–Trinajstić information content (AvgIpc) is 2.36. The molecule has 2 rings (SSSR count). The van der Waals surface area contributed by atoms with Gasteiger partial charge in [0, 0.05) is 31.4 Å². The third-order valence-corrected chi connectivity index (χ3v) is 4.13. The van der Waals surface area contributed by atoms with Crippen molar-refractivity contribution in [2.45, 2.75) is 65.0 Å². The molecule has 2 heterocycles. The van der Waals surface area contributed by atoms with Crippen molar-refractivity contribution in [3.05, 3.63) is 22.8 Å². The fraction of sp³-hybridized carbons (Fsp3) is 0.706. The molecule has 0 bridgehead atoms. The lowest BCUT2D eigenvalue weighted by Crippen LogP contribution is -2.35. The van der Waals surface area contributed by atoms with E-state index in [2.05, 4.69) is 42.0 Å². The Kier molecular flexibility index (Phi) is 5.88. The number of nitrogens with one attached hydrogen (secondary N) is 1. The number of hydrogen-bond donors (Lipinski definition) is 1. The quantitative estimate of drug-likeness (QED) is 0.897. The van der Waals surface area contributed by atoms with Gasteiger partial charge in [-0.2, -0.15) is 0 Å². The van der Waals surface area contributed by atoms with Crippen LogP contribution in [0.25, 0.3) is 0 Å². The first kappa shape index (κ1) is 16.6. The topological polar surface area (TPSA) is 28.2 Å². The van der Waals surface area contributed by atoms with Crippen molar-refractivity contribution >= 4 is 17.4 Å². The van der Waals surface area contributed by atoms with Gasteiger partial charge >= 0.3 is 0 Å². The predicted octanol–water partition coefficient (Wildman–Crippen LogP) is 4.39. The molecule has 1 aliphatic rings. The summed E-state index contributed by atoms with van der Waals surface area (Å²) in [5.74, 6) is 0.957. The Morgan fingerprint density at radius 1 is 1.14 bits per heavy atom. The first-order valence-corrected chi connectivity index (χ1v) is 8.48. The fourth-order valence-corrected chi connectivity index (χ4v) is 2.93. The van der Waals surface area contributed by atoms with Crippen molar-refractivity contribution in [3.8, 4) is 0 Å². The van der Waals surface area contributed by atoms with E-state index < -0.39 is 0 Å². The van der Waals surface area contributed by atoms with Crippen LogP contribution in [0.1, 0.15) is 58.4 Å². The number of aromatic nitrogens is 1. The highest BCUT2D eigenvalue weighted by Gasteiger charge is 2.15. The van der Waals surface area contributed by atoms with Crippen LogP contribution < -0.4 is 10.2 Å². The Labute approximate surface area is 134 Å². The van der Waals surface area contributed by atoms with E-state index in [0.29, 0.717) is 0 Å². The third kappa shape index (κ3) is 5.48. The van der Waals surface area contributed by atoms with Gasteiger partial charge in [0.1, 0.15) is 5.82 Å². The molecule has 0 spiro atoms. The van der Waals surface area contributed by atoms with Gasteiger partial charge < -0.3 is 10.2 Å². The van der Waals surface area contributed by atoms with Gasteiger partial charge in [-0.25, -0.2) is 4.98 Å². The second-order valence-electron chi connectivity index (χ2n) is 7.01. The summed E-state index contributed by atoms with van der Waals surface area (Å²) in [5, 5.41) is 4.25. The molecular weight excluding hydrogens is 282 g/mol. The van der Waals surface area contributed by atoms with E-state index in [9.17, 15) is 0 Å². The third-order valence-electron chi connectivity index (χ3n) is 3.86. The summed E-state index contributed by atoms with van der Waals surface area (Å²) in [4.78, 5) is 6.98. The van der Waals surface area contributed by atoms with Crippen molar-refractivity contribution in [1.29, 1.82) is 0 Å². The normalized spacial score (nSPS) is 17.4. The number of anilines is 1. The monoisotopic (exact) mass is 309 g/mol. The van der Waals surface area contributed by atoms with Crippen molar-refractivity contribution in [2.75, 3.05) is 18.0 Å². The summed E-state index contributed by atoms with van der Waals surface area (Å²) < 4.78 is 0. The SMILES string of the molecule is CC(C)(C)NCc1cnc(N2CCCCCCC2)c(Cl)c1. The highest BCUT2D eigenvalue weighted by atomic mass is 35.5. The zero-order valence-corrected chi connectivity index (χ0v) is 14.3. The van der Waals surface area contributed by atoms with Crippen molar-refractivity contribution in [2.24, 2.45) is 0 Å². The lowest BCUT2D eigenvalue weighted by Gasteiger charge is -2.27. The fourth-order valence-electron chi connectivity index (χ4n) is 2.63. The van der Waals surface area contributed by atoms with E-state index in [4.69, 9.17) is 11.6 Å². The van der Waals surface area contributed by atoms with Crippen LogP contribution in [0.2, 0.25) is 5.02 Å². The van der Waals surface area contributed by atoms with E-state index in [0.717, 1.165) is 36.0 Å². The van der Waals surface area contributed by atoms with Crippen LogP contribution in [0, 0.1) is 0 Å². The molecule has 0 saturated carbocycles. The summed E-state index contributed by atoms with van der Waals surface area (Å²) in [6.45, 7) is 9.44. The molecule has 1 aliphatic heterocycles. The van der Waals surface area contributed by atoms with Gasteiger partial charge in [0.2, 0.25) is 0 Å². The molecule has 1 aromatic rings. The molecule has 3 nitrogen and oxygen atoms in total. The molecule has 1 aromatic heterocycles. The minimum Gasteiger partial charge on any atom is -0.355 e. The van der Waals surface area contributed by atoms with E-state index in [1.54, 1.807) is 0 Å². The standard InChI is InChI=1S/C17H28ClN3/c1-17(2,3)20-13-14-11-15(18)16(19-12-14)21-9-7-5-4-6-8-10-21/h11-12,20H,4-10,13H2,1-3H3. The average molecular weight is 310 g/mol. The summed E-state index contributed by atoms with van der Waals surface area (Å²) in [7, 11) is 0. The Balaban J connectivity index is 2.03. The summed E-state index contributed by atoms with van der Waals surface area (Å²) >= 11 is 6.47. The molecule has 118 valence electrons. The zero-order valence-electron chi connectivity index (χ0n) is 13.6. The molecule has 0 unspecified atom stereocenters. The van der Waals surface area contributed by atoms with Crippen LogP contribution in [0.15, 0.2) is 12.3 Å². The predicted molar refractivity (Wildman–Crippen MR) is 91.1 cm³/mol. The lowest BCUT2D eigenvalue weighted by atomic mass is 10.1. The Hall–Kier alpha value is -0.800. The first-order chi connectivity index (χ1) is 9.96.